The zero-order chi connectivity index (χ0) is 37.2. The fraction of sp³-hybridized carbons (Fsp3) is 0.171. The molecule has 0 spiro atoms. The number of fused-ring (bicyclic) bond motifs is 7. The van der Waals surface area contributed by atoms with E-state index < -0.39 is 29.9 Å². The molecule has 0 aliphatic carbocycles. The summed E-state index contributed by atoms with van der Waals surface area (Å²) >= 11 is 1.70. The van der Waals surface area contributed by atoms with Crippen LogP contribution < -0.4 is 15.6 Å². The number of pyridine rings is 2. The minimum atomic E-state index is -2.57. The Morgan fingerprint density at radius 2 is 1.49 bits per heavy atom. The first-order chi connectivity index (χ1) is 24.5. The smallest absolute Gasteiger partial charge is 0.115 e. The molecule has 1 aliphatic rings. The Bertz CT molecular complexity index is 2450. The number of rotatable bonds is 3. The minimum absolute atomic E-state index is 0. The van der Waals surface area contributed by atoms with E-state index in [1.807, 2.05) is 42.6 Å². The van der Waals surface area contributed by atoms with Crippen molar-refractivity contribution in [1.82, 2.24) is 9.97 Å². The molecule has 0 fully saturated rings. The number of hydrogen-bond donors (Lipinski definition) is 0. The van der Waals surface area contributed by atoms with E-state index in [1.54, 1.807) is 11.3 Å². The van der Waals surface area contributed by atoms with Crippen LogP contribution in [0.1, 0.15) is 19.4 Å². The maximum Gasteiger partial charge on any atom is 0.115 e. The predicted octanol–water partition coefficient (Wildman–Crippen LogP) is 9.43. The normalized spacial score (nSPS) is 15.4. The SMILES string of the molecule is C[Si](C)(C)c1ccc(-c2[c-]cccc2)nc1.[2H]C([2H])([2H])c1cnc(-c2[c-]ccc3c2sc2c4c(ccc23)-c2ccccc2[Si]4(C)C)cc1C([2H])([2H])[2H].[Ir]. The molecule has 4 aromatic carbocycles. The quantitative estimate of drug-likeness (QED) is 0.131. The Morgan fingerprint density at radius 3 is 2.21 bits per heavy atom. The summed E-state index contributed by atoms with van der Waals surface area (Å²) in [5.41, 5.74) is 5.37. The molecule has 237 valence electrons. The molecule has 0 atom stereocenters. The molecule has 2 nitrogen and oxygen atoms in total. The zero-order valence-corrected chi connectivity index (χ0v) is 32.2. The zero-order valence-electron chi connectivity index (χ0n) is 33.0. The fourth-order valence-electron chi connectivity index (χ4n) is 6.38. The van der Waals surface area contributed by atoms with E-state index in [0.717, 1.165) is 21.3 Å². The van der Waals surface area contributed by atoms with Crippen molar-refractivity contribution in [3.8, 4) is 33.6 Å². The van der Waals surface area contributed by atoms with E-state index >= 15 is 0 Å². The van der Waals surface area contributed by atoms with Crippen LogP contribution in [0.15, 0.2) is 103 Å². The molecule has 1 radical (unpaired) electrons. The molecule has 7 aromatic rings. The Kier molecular flexibility index (Phi) is 7.22. The molecule has 6 heteroatoms. The molecule has 1 aliphatic heterocycles. The number of thiophene rings is 1. The molecule has 4 heterocycles. The third kappa shape index (κ3) is 6.03. The van der Waals surface area contributed by atoms with E-state index in [0.29, 0.717) is 11.3 Å². The van der Waals surface area contributed by atoms with Crippen LogP contribution in [0, 0.1) is 25.8 Å². The van der Waals surface area contributed by atoms with Crippen LogP contribution in [0.25, 0.3) is 53.8 Å². The van der Waals surface area contributed by atoms with Gasteiger partial charge in [-0.05, 0) is 67.4 Å². The van der Waals surface area contributed by atoms with Gasteiger partial charge < -0.3 is 9.97 Å². The molecular weight excluding hydrogens is 801 g/mol. The maximum absolute atomic E-state index is 7.95. The van der Waals surface area contributed by atoms with Crippen molar-refractivity contribution in [2.75, 3.05) is 0 Å². The molecule has 0 unspecified atom stereocenters. The Labute approximate surface area is 306 Å². The van der Waals surface area contributed by atoms with Gasteiger partial charge in [0.1, 0.15) is 8.07 Å². The number of aromatic nitrogens is 2. The summed E-state index contributed by atoms with van der Waals surface area (Å²) < 4.78 is 49.4. The molecule has 0 bridgehead atoms. The molecule has 8 rings (SSSR count). The van der Waals surface area contributed by atoms with Gasteiger partial charge >= 0.3 is 0 Å². The van der Waals surface area contributed by atoms with Crippen molar-refractivity contribution in [3.05, 3.63) is 127 Å². The van der Waals surface area contributed by atoms with Crippen LogP contribution in [-0.2, 0) is 20.1 Å². The predicted molar refractivity (Wildman–Crippen MR) is 205 cm³/mol. The Morgan fingerprint density at radius 1 is 0.723 bits per heavy atom. The second-order valence-corrected chi connectivity index (χ2v) is 23.7. The van der Waals surface area contributed by atoms with Gasteiger partial charge in [0.15, 0.2) is 0 Å². The van der Waals surface area contributed by atoms with Crippen LogP contribution in [0.3, 0.4) is 0 Å². The molecule has 3 aromatic heterocycles. The first-order valence-electron chi connectivity index (χ1n) is 18.4. The van der Waals surface area contributed by atoms with Crippen molar-refractivity contribution in [3.63, 3.8) is 0 Å². The van der Waals surface area contributed by atoms with Gasteiger partial charge in [-0.2, -0.15) is 11.3 Å². The van der Waals surface area contributed by atoms with Crippen LogP contribution >= 0.6 is 11.3 Å². The van der Waals surface area contributed by atoms with Crippen molar-refractivity contribution < 1.29 is 28.3 Å². The van der Waals surface area contributed by atoms with Gasteiger partial charge in [0.25, 0.3) is 0 Å². The maximum atomic E-state index is 7.95. The van der Waals surface area contributed by atoms with Crippen molar-refractivity contribution in [2.24, 2.45) is 0 Å². The van der Waals surface area contributed by atoms with Crippen LogP contribution in [0.5, 0.6) is 0 Å². The number of nitrogens with zero attached hydrogens (tertiary/aromatic N) is 2. The minimum Gasteiger partial charge on any atom is -0.305 e. The summed E-state index contributed by atoms with van der Waals surface area (Å²) in [5.74, 6) is 0. The van der Waals surface area contributed by atoms with Crippen molar-refractivity contribution >= 4 is 63.2 Å². The average Bonchev–Trinajstić information content (AvgIpc) is 3.60. The first kappa shape index (κ1) is 26.4. The van der Waals surface area contributed by atoms with Crippen LogP contribution in [0.2, 0.25) is 32.7 Å². The van der Waals surface area contributed by atoms with Crippen LogP contribution in [0.4, 0.5) is 0 Å². The molecule has 0 N–H and O–H groups in total. The molecule has 0 saturated heterocycles. The van der Waals surface area contributed by atoms with Crippen molar-refractivity contribution in [1.29, 1.82) is 0 Å². The van der Waals surface area contributed by atoms with Crippen LogP contribution in [-0.4, -0.2) is 26.1 Å². The summed E-state index contributed by atoms with van der Waals surface area (Å²) in [6.45, 7) is 6.65. The largest absolute Gasteiger partial charge is 0.305 e. The average molecular weight is 845 g/mol. The monoisotopic (exact) mass is 845 g/mol. The van der Waals surface area contributed by atoms with Crippen molar-refractivity contribution in [2.45, 2.75) is 46.4 Å². The molecule has 0 saturated carbocycles. The topological polar surface area (TPSA) is 25.8 Å². The van der Waals surface area contributed by atoms with E-state index in [2.05, 4.69) is 103 Å². The fourth-order valence-corrected chi connectivity index (χ4v) is 12.9. The number of hydrogen-bond acceptors (Lipinski definition) is 3. The third-order valence-corrected chi connectivity index (χ3v) is 15.9. The second-order valence-electron chi connectivity index (χ2n) is 13.3. The van der Waals surface area contributed by atoms with Gasteiger partial charge in [-0.15, -0.1) is 59.7 Å². The summed E-state index contributed by atoms with van der Waals surface area (Å²) in [6, 6.07) is 37.1. The van der Waals surface area contributed by atoms with Gasteiger partial charge in [-0.1, -0.05) is 98.3 Å². The third-order valence-electron chi connectivity index (χ3n) is 8.89. The Hall–Kier alpha value is -3.52. The number of benzene rings is 4. The number of aryl methyl sites for hydroxylation is 2. The molecule has 0 amide bonds. The standard InChI is InChI=1S/C27H22NSSi.C14H16NSi.Ir/c1-16-14-23(28-15-17(16)2)22-10-7-9-19-20-12-13-21-18-8-5-6-11-24(18)30(3,4)27(21)26(20)29-25(19)22;1-16(2,3)13-9-10-14(15-11-13)12-7-5-4-6-8-12;/h5-9,11-15H,1-4H3;4-7,9-11H,1-3H3;/q2*-1;/i1D3,2D3;;. The summed E-state index contributed by atoms with van der Waals surface area (Å²) in [7, 11) is -3.15. The van der Waals surface area contributed by atoms with Gasteiger partial charge in [0.2, 0.25) is 0 Å². The van der Waals surface area contributed by atoms with E-state index in [1.165, 1.54) is 49.0 Å². The van der Waals surface area contributed by atoms with E-state index in [4.69, 9.17) is 8.22 Å². The van der Waals surface area contributed by atoms with Gasteiger partial charge in [0.05, 0.1) is 8.07 Å². The van der Waals surface area contributed by atoms with Gasteiger partial charge in [0, 0.05) is 45.4 Å². The van der Waals surface area contributed by atoms with E-state index in [9.17, 15) is 0 Å². The first-order valence-corrected chi connectivity index (χ1v) is 22.7. The van der Waals surface area contributed by atoms with Gasteiger partial charge in [-0.3, -0.25) is 0 Å². The summed E-state index contributed by atoms with van der Waals surface area (Å²) in [6.07, 6.45) is 3.21. The molecular formula is C41H38IrN2SSi2-2. The Balaban J connectivity index is 0.000000238. The van der Waals surface area contributed by atoms with Gasteiger partial charge in [-0.25, -0.2) is 0 Å². The van der Waals surface area contributed by atoms with E-state index in [-0.39, 0.29) is 31.2 Å². The molecule has 47 heavy (non-hydrogen) atoms. The summed E-state index contributed by atoms with van der Waals surface area (Å²) in [4.78, 5) is 8.94. The second kappa shape index (κ2) is 12.8. The summed E-state index contributed by atoms with van der Waals surface area (Å²) in [5, 5.41) is 6.52.